The van der Waals surface area contributed by atoms with Crippen molar-refractivity contribution in [1.29, 1.82) is 0 Å². The molecule has 0 saturated carbocycles. The third kappa shape index (κ3) is 3.37. The first-order valence-electron chi connectivity index (χ1n) is 8.17. The van der Waals surface area contributed by atoms with Crippen LogP contribution in [0.1, 0.15) is 22.3 Å². The number of aromatic nitrogens is 1. The lowest BCUT2D eigenvalue weighted by Crippen LogP contribution is -2.14. The summed E-state index contributed by atoms with van der Waals surface area (Å²) in [5.74, 6) is 0.692. The molecule has 2 aromatic carbocycles. The SMILES string of the molecule is COc1ccc(CC(=O)N=c2sc3c(C)ccc(C)c3n2C)cc1C. The largest absolute Gasteiger partial charge is 0.496 e. The normalized spacial score (nSPS) is 12.0. The fourth-order valence-electron chi connectivity index (χ4n) is 3.04. The van der Waals surface area contributed by atoms with Crippen LogP contribution < -0.4 is 9.54 Å². The van der Waals surface area contributed by atoms with Crippen LogP contribution in [0.4, 0.5) is 0 Å². The van der Waals surface area contributed by atoms with E-state index in [1.165, 1.54) is 15.8 Å². The van der Waals surface area contributed by atoms with E-state index in [0.717, 1.165) is 27.2 Å². The number of hydrogen-bond donors (Lipinski definition) is 0. The molecule has 0 bridgehead atoms. The Kier molecular flexibility index (Phi) is 4.77. The first-order valence-corrected chi connectivity index (χ1v) is 8.99. The van der Waals surface area contributed by atoms with E-state index in [1.807, 2.05) is 36.7 Å². The molecular weight excluding hydrogens is 332 g/mol. The van der Waals surface area contributed by atoms with Gasteiger partial charge in [0.25, 0.3) is 5.91 Å². The number of carbonyl (C=O) groups is 1. The van der Waals surface area contributed by atoms with Gasteiger partial charge in [0.15, 0.2) is 4.80 Å². The Balaban J connectivity index is 1.95. The summed E-state index contributed by atoms with van der Waals surface area (Å²) in [6.07, 6.45) is 0.289. The fourth-order valence-corrected chi connectivity index (χ4v) is 4.22. The maximum Gasteiger partial charge on any atom is 0.252 e. The average Bonchev–Trinajstić information content (AvgIpc) is 2.89. The van der Waals surface area contributed by atoms with E-state index in [2.05, 4.69) is 31.0 Å². The van der Waals surface area contributed by atoms with Crippen molar-refractivity contribution in [2.75, 3.05) is 7.11 Å². The van der Waals surface area contributed by atoms with Gasteiger partial charge >= 0.3 is 0 Å². The van der Waals surface area contributed by atoms with Crippen molar-refractivity contribution < 1.29 is 9.53 Å². The number of thiazole rings is 1. The van der Waals surface area contributed by atoms with Crippen LogP contribution in [0.5, 0.6) is 5.75 Å². The van der Waals surface area contributed by atoms with E-state index in [9.17, 15) is 4.79 Å². The number of carbonyl (C=O) groups excluding carboxylic acids is 1. The summed E-state index contributed by atoms with van der Waals surface area (Å²) in [6.45, 7) is 6.14. The zero-order valence-corrected chi connectivity index (χ0v) is 16.0. The van der Waals surface area contributed by atoms with Gasteiger partial charge in [-0.25, -0.2) is 0 Å². The second-order valence-electron chi connectivity index (χ2n) is 6.31. The number of benzene rings is 2. The van der Waals surface area contributed by atoms with Gasteiger partial charge in [-0.15, -0.1) is 0 Å². The van der Waals surface area contributed by atoms with Crippen LogP contribution in [-0.4, -0.2) is 17.6 Å². The van der Waals surface area contributed by atoms with E-state index < -0.39 is 0 Å². The van der Waals surface area contributed by atoms with Crippen LogP contribution in [0.3, 0.4) is 0 Å². The first-order chi connectivity index (χ1) is 11.9. The van der Waals surface area contributed by atoms with E-state index in [1.54, 1.807) is 18.4 Å². The Labute approximate surface area is 151 Å². The van der Waals surface area contributed by atoms with Crippen molar-refractivity contribution in [3.8, 4) is 5.75 Å². The number of aryl methyl sites for hydroxylation is 4. The predicted octanol–water partition coefficient (Wildman–Crippen LogP) is 3.84. The van der Waals surface area contributed by atoms with Crippen molar-refractivity contribution in [2.45, 2.75) is 27.2 Å². The lowest BCUT2D eigenvalue weighted by Gasteiger charge is -2.05. The standard InChI is InChI=1S/C20H22N2O2S/c1-12-6-7-13(2)19-18(12)22(4)20(25-19)21-17(23)11-15-8-9-16(24-5)14(3)10-15/h6-10H,11H2,1-5H3. The maximum absolute atomic E-state index is 12.4. The zero-order chi connectivity index (χ0) is 18.1. The molecule has 4 nitrogen and oxygen atoms in total. The molecular formula is C20H22N2O2S. The molecule has 0 radical (unpaired) electrons. The third-order valence-electron chi connectivity index (χ3n) is 4.38. The van der Waals surface area contributed by atoms with Gasteiger partial charge in [0, 0.05) is 7.05 Å². The molecule has 0 aliphatic rings. The van der Waals surface area contributed by atoms with Crippen LogP contribution in [0, 0.1) is 20.8 Å². The highest BCUT2D eigenvalue weighted by molar-refractivity contribution is 7.16. The Morgan fingerprint density at radius 3 is 2.48 bits per heavy atom. The van der Waals surface area contributed by atoms with Gasteiger partial charge in [0.1, 0.15) is 5.75 Å². The highest BCUT2D eigenvalue weighted by atomic mass is 32.1. The van der Waals surface area contributed by atoms with Gasteiger partial charge in [-0.05, 0) is 49.1 Å². The number of amides is 1. The third-order valence-corrected chi connectivity index (χ3v) is 5.65. The van der Waals surface area contributed by atoms with Crippen LogP contribution in [-0.2, 0) is 18.3 Å². The van der Waals surface area contributed by atoms with E-state index >= 15 is 0 Å². The molecule has 0 fully saturated rings. The second-order valence-corrected chi connectivity index (χ2v) is 7.28. The predicted molar refractivity (Wildman–Crippen MR) is 102 cm³/mol. The topological polar surface area (TPSA) is 43.6 Å². The van der Waals surface area contributed by atoms with Gasteiger partial charge in [0.2, 0.25) is 0 Å². The average molecular weight is 354 g/mol. The number of rotatable bonds is 3. The van der Waals surface area contributed by atoms with Gasteiger partial charge in [-0.2, -0.15) is 4.99 Å². The molecule has 0 aliphatic carbocycles. The summed E-state index contributed by atoms with van der Waals surface area (Å²) in [5, 5.41) is 0. The Hall–Kier alpha value is -2.40. The van der Waals surface area contributed by atoms with E-state index in [4.69, 9.17) is 4.74 Å². The van der Waals surface area contributed by atoms with Crippen LogP contribution in [0.2, 0.25) is 0 Å². The summed E-state index contributed by atoms with van der Waals surface area (Å²) in [4.78, 5) is 17.5. The Morgan fingerprint density at radius 2 is 1.84 bits per heavy atom. The molecule has 1 aromatic heterocycles. The summed E-state index contributed by atoms with van der Waals surface area (Å²) < 4.78 is 8.46. The quantitative estimate of drug-likeness (QED) is 0.717. The fraction of sp³-hybridized carbons (Fsp3) is 0.300. The Morgan fingerprint density at radius 1 is 1.12 bits per heavy atom. The van der Waals surface area contributed by atoms with Crippen LogP contribution >= 0.6 is 11.3 Å². The van der Waals surface area contributed by atoms with E-state index in [0.29, 0.717) is 0 Å². The minimum Gasteiger partial charge on any atom is -0.496 e. The molecule has 0 saturated heterocycles. The van der Waals surface area contributed by atoms with Crippen molar-refractivity contribution in [2.24, 2.45) is 12.0 Å². The van der Waals surface area contributed by atoms with E-state index in [-0.39, 0.29) is 12.3 Å². The van der Waals surface area contributed by atoms with Crippen LogP contribution in [0.25, 0.3) is 10.2 Å². The highest BCUT2D eigenvalue weighted by Gasteiger charge is 2.10. The lowest BCUT2D eigenvalue weighted by atomic mass is 10.1. The molecule has 130 valence electrons. The summed E-state index contributed by atoms with van der Waals surface area (Å²) in [6, 6.07) is 10.0. The minimum atomic E-state index is -0.137. The monoisotopic (exact) mass is 354 g/mol. The number of hydrogen-bond acceptors (Lipinski definition) is 3. The first kappa shape index (κ1) is 17.4. The number of ether oxygens (including phenoxy) is 1. The zero-order valence-electron chi connectivity index (χ0n) is 15.2. The van der Waals surface area contributed by atoms with Gasteiger partial charge < -0.3 is 9.30 Å². The highest BCUT2D eigenvalue weighted by Crippen LogP contribution is 2.24. The summed E-state index contributed by atoms with van der Waals surface area (Å²) in [5.41, 5.74) is 5.52. The molecule has 0 aliphatic heterocycles. The van der Waals surface area contributed by atoms with Gasteiger partial charge in [-0.1, -0.05) is 35.6 Å². The molecule has 0 N–H and O–H groups in total. The molecule has 3 aromatic rings. The number of methoxy groups -OCH3 is 1. The molecule has 0 atom stereocenters. The molecule has 3 rings (SSSR count). The van der Waals surface area contributed by atoms with Crippen molar-refractivity contribution in [1.82, 2.24) is 4.57 Å². The van der Waals surface area contributed by atoms with Gasteiger partial charge in [-0.3, -0.25) is 4.79 Å². The summed E-state index contributed by atoms with van der Waals surface area (Å²) >= 11 is 1.57. The van der Waals surface area contributed by atoms with Crippen molar-refractivity contribution >= 4 is 27.5 Å². The van der Waals surface area contributed by atoms with Crippen molar-refractivity contribution in [3.63, 3.8) is 0 Å². The summed E-state index contributed by atoms with van der Waals surface area (Å²) in [7, 11) is 3.61. The molecule has 0 spiro atoms. The number of nitrogens with zero attached hydrogens (tertiary/aromatic N) is 2. The lowest BCUT2D eigenvalue weighted by molar-refractivity contribution is -0.117. The molecule has 0 unspecified atom stereocenters. The number of fused-ring (bicyclic) bond motifs is 1. The Bertz CT molecular complexity index is 1030. The maximum atomic E-state index is 12.4. The minimum absolute atomic E-state index is 0.137. The molecule has 1 heterocycles. The molecule has 25 heavy (non-hydrogen) atoms. The van der Waals surface area contributed by atoms with Gasteiger partial charge in [0.05, 0.1) is 23.7 Å². The van der Waals surface area contributed by atoms with Crippen LogP contribution in [0.15, 0.2) is 35.3 Å². The molecule has 1 amide bonds. The molecule has 5 heteroatoms. The smallest absolute Gasteiger partial charge is 0.252 e. The van der Waals surface area contributed by atoms with Crippen molar-refractivity contribution in [3.05, 3.63) is 57.4 Å². The second kappa shape index (κ2) is 6.84.